The second-order valence-corrected chi connectivity index (χ2v) is 19.1. The highest BCUT2D eigenvalue weighted by atomic mass is 28.4. The quantitative estimate of drug-likeness (QED) is 0.119. The molecule has 0 spiro atoms. The molecule has 2 unspecified atom stereocenters. The van der Waals surface area contributed by atoms with Crippen LogP contribution in [0.25, 0.3) is 0 Å². The van der Waals surface area contributed by atoms with Crippen LogP contribution in [0.1, 0.15) is 104 Å². The molecule has 1 saturated carbocycles. The third-order valence-electron chi connectivity index (χ3n) is 9.81. The maximum atomic E-state index is 13.6. The van der Waals surface area contributed by atoms with Gasteiger partial charge in [0.2, 0.25) is 8.32 Å². The molecule has 0 aromatic heterocycles. The number of Topliss-reactive ketones (excluding diaryl/α,β-unsaturated/α-hetero) is 1. The fourth-order valence-electron chi connectivity index (χ4n) is 6.13. The third-order valence-corrected chi connectivity index (χ3v) is 14.2. The van der Waals surface area contributed by atoms with Gasteiger partial charge in [0.25, 0.3) is 0 Å². The average molecular weight is 615 g/mol. The van der Waals surface area contributed by atoms with Gasteiger partial charge < -0.3 is 23.4 Å². The van der Waals surface area contributed by atoms with Gasteiger partial charge in [-0.2, -0.15) is 0 Å². The first-order chi connectivity index (χ1) is 20.6. The van der Waals surface area contributed by atoms with Gasteiger partial charge in [-0.25, -0.2) is 0 Å². The topological polar surface area (TPSA) is 63.2 Å². The van der Waals surface area contributed by atoms with Crippen molar-refractivity contribution in [3.8, 4) is 5.75 Å². The molecule has 0 bridgehead atoms. The predicted molar refractivity (Wildman–Crippen MR) is 175 cm³/mol. The molecule has 2 saturated heterocycles. The first-order valence-electron chi connectivity index (χ1n) is 17.1. The molecule has 1 aliphatic carbocycles. The average Bonchev–Trinajstić information content (AvgIpc) is 3.25. The summed E-state index contributed by atoms with van der Waals surface area (Å²) in [5.41, 5.74) is 1.13. The summed E-state index contributed by atoms with van der Waals surface area (Å²) in [5.74, 6) is 0.981. The van der Waals surface area contributed by atoms with Crippen molar-refractivity contribution in [1.82, 2.24) is 0 Å². The van der Waals surface area contributed by atoms with Gasteiger partial charge in [-0.3, -0.25) is 4.79 Å². The first kappa shape index (κ1) is 34.4. The van der Waals surface area contributed by atoms with Crippen LogP contribution in [0.3, 0.4) is 0 Å². The Bertz CT molecular complexity index is 1020. The highest BCUT2D eigenvalue weighted by Gasteiger charge is 2.43. The van der Waals surface area contributed by atoms with Crippen molar-refractivity contribution in [2.24, 2.45) is 11.8 Å². The SMILES string of the molecule is CCCCC[C@@H](C=C[C@@H]1[C@H](Cc2cccc(O[Si](C)(C)C(C)(C)C)c2)C(=O)C[C@H]1OC1CCCCO1)OC1CCCCO1. The predicted octanol–water partition coefficient (Wildman–Crippen LogP) is 8.78. The number of hydrogen-bond donors (Lipinski definition) is 0. The summed E-state index contributed by atoms with van der Waals surface area (Å²) in [6.45, 7) is 15.0. The van der Waals surface area contributed by atoms with Gasteiger partial charge in [0.1, 0.15) is 11.5 Å². The number of carbonyl (C=O) groups excluding carboxylic acids is 1. The lowest BCUT2D eigenvalue weighted by Crippen LogP contribution is -2.43. The van der Waals surface area contributed by atoms with Crippen LogP contribution in [0, 0.1) is 11.8 Å². The van der Waals surface area contributed by atoms with Crippen molar-refractivity contribution in [1.29, 1.82) is 0 Å². The Morgan fingerprint density at radius 2 is 1.74 bits per heavy atom. The van der Waals surface area contributed by atoms with E-state index in [1.54, 1.807) is 0 Å². The molecule has 4 rings (SSSR count). The van der Waals surface area contributed by atoms with E-state index in [-0.39, 0.29) is 47.4 Å². The lowest BCUT2D eigenvalue weighted by molar-refractivity contribution is -0.192. The van der Waals surface area contributed by atoms with Crippen molar-refractivity contribution >= 4 is 14.1 Å². The molecule has 0 amide bonds. The van der Waals surface area contributed by atoms with Crippen molar-refractivity contribution in [2.45, 2.75) is 148 Å². The summed E-state index contributed by atoms with van der Waals surface area (Å²) >= 11 is 0. The van der Waals surface area contributed by atoms with Gasteiger partial charge in [0.15, 0.2) is 12.6 Å². The summed E-state index contributed by atoms with van der Waals surface area (Å²) in [5, 5.41) is 0.116. The minimum Gasteiger partial charge on any atom is -0.543 e. The fraction of sp³-hybridized carbons (Fsp3) is 0.750. The minimum atomic E-state index is -1.97. The van der Waals surface area contributed by atoms with Gasteiger partial charge in [0, 0.05) is 31.5 Å². The Kier molecular flexibility index (Phi) is 12.9. The Labute approximate surface area is 262 Å². The van der Waals surface area contributed by atoms with Crippen molar-refractivity contribution in [3.05, 3.63) is 42.0 Å². The van der Waals surface area contributed by atoms with Crippen LogP contribution in [-0.2, 0) is 30.2 Å². The molecule has 3 aliphatic rings. The van der Waals surface area contributed by atoms with Crippen molar-refractivity contribution < 1.29 is 28.2 Å². The van der Waals surface area contributed by atoms with Crippen LogP contribution in [0.4, 0.5) is 0 Å². The number of ketones is 1. The molecule has 242 valence electrons. The monoisotopic (exact) mass is 614 g/mol. The maximum absolute atomic E-state index is 13.6. The zero-order chi connectivity index (χ0) is 30.9. The van der Waals surface area contributed by atoms with E-state index in [9.17, 15) is 4.79 Å². The van der Waals surface area contributed by atoms with Gasteiger partial charge in [0.05, 0.1) is 12.2 Å². The van der Waals surface area contributed by atoms with Crippen LogP contribution < -0.4 is 4.43 Å². The molecule has 6 nitrogen and oxygen atoms in total. The molecule has 3 fully saturated rings. The summed E-state index contributed by atoms with van der Waals surface area (Å²) < 4.78 is 31.5. The number of hydrogen-bond acceptors (Lipinski definition) is 6. The summed E-state index contributed by atoms with van der Waals surface area (Å²) in [4.78, 5) is 13.6. The Morgan fingerprint density at radius 1 is 1.02 bits per heavy atom. The number of unbranched alkanes of at least 4 members (excludes halogenated alkanes) is 2. The van der Waals surface area contributed by atoms with E-state index in [0.29, 0.717) is 12.8 Å². The van der Waals surface area contributed by atoms with E-state index in [4.69, 9.17) is 23.4 Å². The highest BCUT2D eigenvalue weighted by Crippen LogP contribution is 2.39. The fourth-order valence-corrected chi connectivity index (χ4v) is 7.15. The van der Waals surface area contributed by atoms with Crippen molar-refractivity contribution in [2.75, 3.05) is 13.2 Å². The van der Waals surface area contributed by atoms with Gasteiger partial charge >= 0.3 is 0 Å². The molecule has 2 aliphatic heterocycles. The first-order valence-corrected chi connectivity index (χ1v) is 20.0. The molecule has 43 heavy (non-hydrogen) atoms. The van der Waals surface area contributed by atoms with Gasteiger partial charge in [-0.15, -0.1) is 0 Å². The zero-order valence-electron chi connectivity index (χ0n) is 27.8. The van der Waals surface area contributed by atoms with E-state index < -0.39 is 8.32 Å². The van der Waals surface area contributed by atoms with E-state index in [1.807, 2.05) is 0 Å². The third kappa shape index (κ3) is 10.3. The molecular weight excluding hydrogens is 556 g/mol. The van der Waals surface area contributed by atoms with Gasteiger partial charge in [-0.05, 0) is 87.2 Å². The van der Waals surface area contributed by atoms with Gasteiger partial charge in [-0.1, -0.05) is 71.2 Å². The number of benzene rings is 1. The Morgan fingerprint density at radius 3 is 2.40 bits per heavy atom. The molecule has 1 aromatic rings. The number of ether oxygens (including phenoxy) is 4. The molecular formula is C36H58O6Si. The minimum absolute atomic E-state index is 0.0288. The summed E-state index contributed by atoms with van der Waals surface area (Å²) in [6.07, 6.45) is 15.6. The van der Waals surface area contributed by atoms with Crippen LogP contribution in [-0.4, -0.2) is 52.1 Å². The molecule has 2 heterocycles. The molecule has 0 radical (unpaired) electrons. The standard InChI is InChI=1S/C36H58O6Si/c1-7-8-9-16-28(40-34-18-10-12-22-38-34)20-21-30-31(32(37)26-33(30)41-35-19-11-13-23-39-35)25-27-15-14-17-29(24-27)42-43(5,6)36(2,3)4/h14-15,17,20-21,24,28,30-31,33-35H,7-13,16,18-19,22-23,25-26H2,1-6H3/t28-,30+,31-,33+,34?,35?/m0/s1. The molecule has 1 aromatic carbocycles. The molecule has 0 N–H and O–H groups in total. The van der Waals surface area contributed by atoms with E-state index >= 15 is 0 Å². The molecule has 6 atom stereocenters. The van der Waals surface area contributed by atoms with E-state index in [0.717, 1.165) is 75.9 Å². The number of carbonyl (C=O) groups is 1. The summed E-state index contributed by atoms with van der Waals surface area (Å²) in [6, 6.07) is 8.38. The Balaban J connectivity index is 1.53. The van der Waals surface area contributed by atoms with Crippen molar-refractivity contribution in [3.63, 3.8) is 0 Å². The maximum Gasteiger partial charge on any atom is 0.250 e. The van der Waals surface area contributed by atoms with Crippen LogP contribution in [0.15, 0.2) is 36.4 Å². The second kappa shape index (κ2) is 16.2. The normalized spacial score (nSPS) is 28.0. The second-order valence-electron chi connectivity index (χ2n) is 14.4. The lowest BCUT2D eigenvalue weighted by Gasteiger charge is -2.36. The van der Waals surface area contributed by atoms with Crippen LogP contribution >= 0.6 is 0 Å². The van der Waals surface area contributed by atoms with Crippen LogP contribution in [0.5, 0.6) is 5.75 Å². The zero-order valence-corrected chi connectivity index (χ0v) is 28.8. The smallest absolute Gasteiger partial charge is 0.250 e. The highest BCUT2D eigenvalue weighted by molar-refractivity contribution is 6.74. The largest absolute Gasteiger partial charge is 0.543 e. The molecule has 7 heteroatoms. The lowest BCUT2D eigenvalue weighted by atomic mass is 9.87. The van der Waals surface area contributed by atoms with E-state index in [2.05, 4.69) is 77.2 Å². The van der Waals surface area contributed by atoms with E-state index in [1.165, 1.54) is 12.8 Å². The number of rotatable bonds is 14. The summed E-state index contributed by atoms with van der Waals surface area (Å²) in [7, 11) is -1.97. The van der Waals surface area contributed by atoms with Crippen LogP contribution in [0.2, 0.25) is 18.1 Å². The Hall–Kier alpha value is -1.51.